The van der Waals surface area contributed by atoms with Gasteiger partial charge in [-0.15, -0.1) is 0 Å². The molecule has 2 atom stereocenters. The highest BCUT2D eigenvalue weighted by atomic mass is 16.2. The van der Waals surface area contributed by atoms with Crippen molar-refractivity contribution < 1.29 is 14.4 Å². The van der Waals surface area contributed by atoms with E-state index >= 15 is 0 Å². The fourth-order valence-corrected chi connectivity index (χ4v) is 2.96. The second-order valence-corrected chi connectivity index (χ2v) is 6.91. The Hall–Kier alpha value is -2.83. The molecule has 1 aromatic heterocycles. The number of rotatable bonds is 8. The summed E-state index contributed by atoms with van der Waals surface area (Å²) < 4.78 is 0. The minimum absolute atomic E-state index is 0.195. The minimum Gasteiger partial charge on any atom is -0.368 e. The molecular formula is C19H26N4O3. The summed E-state index contributed by atoms with van der Waals surface area (Å²) in [5.41, 5.74) is 7.27. The molecule has 3 amide bonds. The lowest BCUT2D eigenvalue weighted by atomic mass is 10.0. The standard InChI is InChI=1S/C19H26N4O3/c1-11(2)8-16(18(20)25)23-19(26)17(22-12(3)24)9-13-10-21-15-7-5-4-6-14(13)15/h4-7,10-11,16-17,21H,8-9H2,1-3H3,(H2,20,25)(H,22,24)(H,23,26). The van der Waals surface area contributed by atoms with Gasteiger partial charge in [-0.1, -0.05) is 32.0 Å². The molecule has 7 heteroatoms. The third-order valence-corrected chi connectivity index (χ3v) is 4.16. The van der Waals surface area contributed by atoms with Crippen molar-refractivity contribution in [1.82, 2.24) is 15.6 Å². The van der Waals surface area contributed by atoms with Crippen LogP contribution in [0, 0.1) is 5.92 Å². The summed E-state index contributed by atoms with van der Waals surface area (Å²) in [7, 11) is 0. The predicted molar refractivity (Wildman–Crippen MR) is 100 cm³/mol. The molecule has 0 fully saturated rings. The number of nitrogens with two attached hydrogens (primary N) is 1. The summed E-state index contributed by atoms with van der Waals surface area (Å²) in [6.07, 6.45) is 2.58. The SMILES string of the molecule is CC(=O)NC(Cc1c[nH]c2ccccc12)C(=O)NC(CC(C)C)C(N)=O. The molecule has 2 unspecified atom stereocenters. The molecule has 0 aliphatic carbocycles. The number of hydrogen-bond donors (Lipinski definition) is 4. The summed E-state index contributed by atoms with van der Waals surface area (Å²) in [4.78, 5) is 39.0. The minimum atomic E-state index is -0.791. The van der Waals surface area contributed by atoms with E-state index in [4.69, 9.17) is 5.73 Å². The first-order valence-electron chi connectivity index (χ1n) is 8.69. The number of carbonyl (C=O) groups is 3. The summed E-state index contributed by atoms with van der Waals surface area (Å²) in [6, 6.07) is 6.18. The van der Waals surface area contributed by atoms with Gasteiger partial charge in [0, 0.05) is 30.4 Å². The Kier molecular flexibility index (Phi) is 6.38. The third kappa shape index (κ3) is 5.08. The Balaban J connectivity index is 2.19. The van der Waals surface area contributed by atoms with Crippen LogP contribution in [0.25, 0.3) is 10.9 Å². The Morgan fingerprint density at radius 3 is 2.42 bits per heavy atom. The maximum atomic E-state index is 12.7. The average molecular weight is 358 g/mol. The molecule has 0 aliphatic heterocycles. The van der Waals surface area contributed by atoms with Crippen molar-refractivity contribution in [2.24, 2.45) is 11.7 Å². The van der Waals surface area contributed by atoms with Gasteiger partial charge >= 0.3 is 0 Å². The summed E-state index contributed by atoms with van der Waals surface area (Å²) in [5, 5.41) is 6.33. The number of aromatic amines is 1. The average Bonchev–Trinajstić information content (AvgIpc) is 2.96. The number of carbonyl (C=O) groups excluding carboxylic acids is 3. The molecule has 1 aromatic carbocycles. The molecule has 2 aromatic rings. The van der Waals surface area contributed by atoms with Crippen LogP contribution in [0.4, 0.5) is 0 Å². The number of para-hydroxylation sites is 1. The van der Waals surface area contributed by atoms with Crippen LogP contribution in [0.5, 0.6) is 0 Å². The highest BCUT2D eigenvalue weighted by Crippen LogP contribution is 2.19. The molecule has 140 valence electrons. The first kappa shape index (κ1) is 19.5. The van der Waals surface area contributed by atoms with E-state index in [0.717, 1.165) is 16.5 Å². The maximum Gasteiger partial charge on any atom is 0.243 e. The molecule has 2 rings (SSSR count). The first-order chi connectivity index (χ1) is 12.3. The zero-order chi connectivity index (χ0) is 19.3. The van der Waals surface area contributed by atoms with Gasteiger partial charge in [-0.05, 0) is 24.0 Å². The number of hydrogen-bond acceptors (Lipinski definition) is 3. The van der Waals surface area contributed by atoms with Gasteiger partial charge in [-0.25, -0.2) is 0 Å². The lowest BCUT2D eigenvalue weighted by Gasteiger charge is -2.22. The summed E-state index contributed by atoms with van der Waals surface area (Å²) in [5.74, 6) is -1.12. The largest absolute Gasteiger partial charge is 0.368 e. The van der Waals surface area contributed by atoms with Gasteiger partial charge in [0.25, 0.3) is 0 Å². The second-order valence-electron chi connectivity index (χ2n) is 6.91. The topological polar surface area (TPSA) is 117 Å². The van der Waals surface area contributed by atoms with E-state index in [-0.39, 0.29) is 11.8 Å². The molecule has 26 heavy (non-hydrogen) atoms. The van der Waals surface area contributed by atoms with Gasteiger partial charge < -0.3 is 21.4 Å². The highest BCUT2D eigenvalue weighted by Gasteiger charge is 2.26. The van der Waals surface area contributed by atoms with Crippen molar-refractivity contribution >= 4 is 28.6 Å². The fraction of sp³-hybridized carbons (Fsp3) is 0.421. The van der Waals surface area contributed by atoms with E-state index in [1.54, 1.807) is 0 Å². The molecular weight excluding hydrogens is 332 g/mol. The molecule has 0 bridgehead atoms. The molecule has 0 spiro atoms. The predicted octanol–water partition coefficient (Wildman–Crippen LogP) is 1.23. The lowest BCUT2D eigenvalue weighted by Crippen LogP contribution is -2.53. The Morgan fingerprint density at radius 1 is 1.12 bits per heavy atom. The van der Waals surface area contributed by atoms with Crippen molar-refractivity contribution in [3.63, 3.8) is 0 Å². The number of aromatic nitrogens is 1. The molecule has 0 radical (unpaired) electrons. The lowest BCUT2D eigenvalue weighted by molar-refractivity contribution is -0.131. The number of nitrogens with one attached hydrogen (secondary N) is 3. The number of primary amides is 1. The van der Waals surface area contributed by atoms with Crippen molar-refractivity contribution in [3.8, 4) is 0 Å². The quantitative estimate of drug-likeness (QED) is 0.568. The van der Waals surface area contributed by atoms with Gasteiger partial charge in [0.1, 0.15) is 12.1 Å². The van der Waals surface area contributed by atoms with Crippen LogP contribution < -0.4 is 16.4 Å². The monoisotopic (exact) mass is 358 g/mol. The number of H-pyrrole nitrogens is 1. The normalized spacial score (nSPS) is 13.4. The van der Waals surface area contributed by atoms with E-state index in [9.17, 15) is 14.4 Å². The van der Waals surface area contributed by atoms with Gasteiger partial charge in [-0.2, -0.15) is 0 Å². The van der Waals surface area contributed by atoms with Crippen LogP contribution in [0.1, 0.15) is 32.8 Å². The third-order valence-electron chi connectivity index (χ3n) is 4.16. The van der Waals surface area contributed by atoms with Gasteiger partial charge in [0.2, 0.25) is 17.7 Å². The number of amides is 3. The maximum absolute atomic E-state index is 12.7. The van der Waals surface area contributed by atoms with E-state index < -0.39 is 23.9 Å². The smallest absolute Gasteiger partial charge is 0.243 e. The molecule has 0 aliphatic rings. The van der Waals surface area contributed by atoms with Crippen LogP contribution in [-0.2, 0) is 20.8 Å². The van der Waals surface area contributed by atoms with Crippen molar-refractivity contribution in [1.29, 1.82) is 0 Å². The molecule has 5 N–H and O–H groups in total. The van der Waals surface area contributed by atoms with Crippen molar-refractivity contribution in [3.05, 3.63) is 36.0 Å². The van der Waals surface area contributed by atoms with Crippen LogP contribution in [0.2, 0.25) is 0 Å². The van der Waals surface area contributed by atoms with E-state index in [1.165, 1.54) is 6.92 Å². The summed E-state index contributed by atoms with van der Waals surface area (Å²) >= 11 is 0. The number of fused-ring (bicyclic) bond motifs is 1. The zero-order valence-electron chi connectivity index (χ0n) is 15.3. The molecule has 0 saturated carbocycles. The Labute approximate surface area is 152 Å². The molecule has 0 saturated heterocycles. The highest BCUT2D eigenvalue weighted by molar-refractivity contribution is 5.92. The number of benzene rings is 1. The van der Waals surface area contributed by atoms with Gasteiger partial charge in [-0.3, -0.25) is 14.4 Å². The van der Waals surface area contributed by atoms with Crippen LogP contribution in [0.15, 0.2) is 30.5 Å². The fourth-order valence-electron chi connectivity index (χ4n) is 2.96. The van der Waals surface area contributed by atoms with Crippen molar-refractivity contribution in [2.75, 3.05) is 0 Å². The Morgan fingerprint density at radius 2 is 1.81 bits per heavy atom. The summed E-state index contributed by atoms with van der Waals surface area (Å²) in [6.45, 7) is 5.24. The van der Waals surface area contributed by atoms with E-state index in [1.807, 2.05) is 44.3 Å². The van der Waals surface area contributed by atoms with Crippen LogP contribution in [0.3, 0.4) is 0 Å². The molecule has 1 heterocycles. The van der Waals surface area contributed by atoms with Crippen molar-refractivity contribution in [2.45, 2.75) is 45.7 Å². The molecule has 7 nitrogen and oxygen atoms in total. The zero-order valence-corrected chi connectivity index (χ0v) is 15.3. The first-order valence-corrected chi connectivity index (χ1v) is 8.69. The van der Waals surface area contributed by atoms with Gasteiger partial charge in [0.15, 0.2) is 0 Å². The van der Waals surface area contributed by atoms with Crippen LogP contribution in [-0.4, -0.2) is 34.8 Å². The second kappa shape index (κ2) is 8.51. The van der Waals surface area contributed by atoms with E-state index in [2.05, 4.69) is 15.6 Å². The van der Waals surface area contributed by atoms with Gasteiger partial charge in [0.05, 0.1) is 0 Å². The Bertz CT molecular complexity index is 797. The van der Waals surface area contributed by atoms with E-state index in [0.29, 0.717) is 12.8 Å². The van der Waals surface area contributed by atoms with Crippen LogP contribution >= 0.6 is 0 Å².